The van der Waals surface area contributed by atoms with Crippen molar-refractivity contribution in [3.63, 3.8) is 0 Å². The molecule has 0 nitrogen and oxygen atoms in total. The maximum atomic E-state index is 2.96. The molecule has 0 fully saturated rings. The Balaban J connectivity index is -0.00000000468. The summed E-state index contributed by atoms with van der Waals surface area (Å²) in [5.41, 5.74) is 4.95. The average molecular weight is 3600 g/mol. The van der Waals surface area contributed by atoms with Crippen molar-refractivity contribution in [2.75, 3.05) is 0 Å². The molecule has 4 rings (SSSR count). The van der Waals surface area contributed by atoms with Gasteiger partial charge in [0, 0.05) is 1080 Å². The van der Waals surface area contributed by atoms with Gasteiger partial charge in [-0.25, -0.2) is 0 Å². The number of aryl methyl sites for hydroxylation is 4. The number of hydrogen-bond acceptors (Lipinski definition) is 0. The summed E-state index contributed by atoms with van der Waals surface area (Å²) in [7, 11) is 0. The standard InChI is InChI=1S/2C7H7.2C7H6.10C2H6.33Y/c4*1-7-5-3-2-4-6-7;10*1-2;;;;;;;;;;;;;;;;;;;;;;;;;;;;;;;;;/h2*2-3,5-6H,1H3;2*2,5-6H,1H3;10*1-2H3;;;;;;;;;;;;;;;;;;;;;;;;;;;;;;;;;/q2*-1;2*-2;;;;;;;;;;;;;;;;;;;;;;;;;;;;;;;;;;;;;;;;;;;. The summed E-state index contributed by atoms with van der Waals surface area (Å²) in [5.74, 6) is 0. The van der Waals surface area contributed by atoms with Gasteiger partial charge >= 0.3 is 0 Å². The number of hydrogen-bond donors (Lipinski definition) is 0. The fraction of sp³-hybridized carbons (Fsp3) is 0.500. The van der Waals surface area contributed by atoms with Crippen LogP contribution < -0.4 is 0 Å². The molecule has 4 aromatic carbocycles. The third kappa shape index (κ3) is 329. The van der Waals surface area contributed by atoms with Crippen LogP contribution >= 0.6 is 0 Å². The molecule has 0 aliphatic rings. The summed E-state index contributed by atoms with van der Waals surface area (Å²) in [5, 5.41) is 0. The molecule has 0 bridgehead atoms. The van der Waals surface area contributed by atoms with Crippen molar-refractivity contribution in [3.05, 3.63) is 144 Å². The molecule has 33 radical (unpaired) electrons. The van der Waals surface area contributed by atoms with E-state index in [4.69, 9.17) is 0 Å². The van der Waals surface area contributed by atoms with E-state index in [1.165, 1.54) is 22.3 Å². The van der Waals surface area contributed by atoms with Gasteiger partial charge in [-0.1, -0.05) is 152 Å². The van der Waals surface area contributed by atoms with Crippen molar-refractivity contribution < 1.29 is 1080 Å². The molecule has 81 heavy (non-hydrogen) atoms. The Morgan fingerprint density at radius 3 is 0.333 bits per heavy atom. The van der Waals surface area contributed by atoms with Gasteiger partial charge in [-0.3, -0.25) is 35.4 Å². The molecule has 0 aliphatic carbocycles. The molecule has 0 atom stereocenters. The van der Waals surface area contributed by atoms with Gasteiger partial charge in [0.25, 0.3) is 0 Å². The van der Waals surface area contributed by atoms with Gasteiger partial charge in [-0.15, -0.1) is 13.8 Å². The largest absolute Gasteiger partial charge is 0.359 e. The molecule has 0 aliphatic heterocycles. The van der Waals surface area contributed by atoms with Crippen LogP contribution in [0.2, 0.25) is 0 Å². The normalized spacial score (nSPS) is 3.75. The zero-order valence-corrected chi connectivity index (χ0v) is 150. The van der Waals surface area contributed by atoms with Crippen LogP contribution in [0.3, 0.4) is 0 Å². The minimum Gasteiger partial charge on any atom is -0.359 e. The second kappa shape index (κ2) is 335. The number of benzene rings is 4. The molecule has 0 unspecified atom stereocenters. The monoisotopic (exact) mass is 3600 g/mol. The molecular formula is C48H86Y33-6. The van der Waals surface area contributed by atoms with E-state index in [1.807, 2.05) is 213 Å². The topological polar surface area (TPSA) is 0 Å². The Kier molecular flexibility index (Phi) is 1190. The van der Waals surface area contributed by atoms with Crippen molar-refractivity contribution >= 4 is 0 Å². The molecule has 383 valence electrons. The molecule has 0 amide bonds. The van der Waals surface area contributed by atoms with E-state index in [9.17, 15) is 0 Å². The summed E-state index contributed by atoms with van der Waals surface area (Å²) < 4.78 is 0. The Morgan fingerprint density at radius 1 is 0.173 bits per heavy atom. The molecule has 4 aromatic rings. The third-order valence-corrected chi connectivity index (χ3v) is 3.30. The average Bonchev–Trinajstić information content (AvgIpc) is 3.21. The summed E-state index contributed by atoms with van der Waals surface area (Å²) in [6, 6.07) is 44.6. The van der Waals surface area contributed by atoms with Crippen molar-refractivity contribution in [2.24, 2.45) is 0 Å². The minimum atomic E-state index is 0. The van der Waals surface area contributed by atoms with E-state index in [0.717, 1.165) is 0 Å². The summed E-state index contributed by atoms with van der Waals surface area (Å²) in [6.45, 7) is 48.1. The molecule has 0 heterocycles. The number of rotatable bonds is 0. The van der Waals surface area contributed by atoms with Gasteiger partial charge in [-0.2, -0.15) is 71.8 Å². The van der Waals surface area contributed by atoms with Gasteiger partial charge in [0.05, 0.1) is 0 Å². The Morgan fingerprint density at radius 2 is 0.284 bits per heavy atom. The van der Waals surface area contributed by atoms with E-state index in [1.54, 1.807) is 12.1 Å². The van der Waals surface area contributed by atoms with Crippen LogP contribution in [-0.2, 0) is 1080 Å². The van der Waals surface area contributed by atoms with Crippen LogP contribution in [0.1, 0.15) is 161 Å². The van der Waals surface area contributed by atoms with Crippen molar-refractivity contribution in [1.82, 2.24) is 0 Å². The Labute approximate surface area is 1340 Å². The zero-order chi connectivity index (χ0) is 40.5. The van der Waals surface area contributed by atoms with Crippen molar-refractivity contribution in [1.29, 1.82) is 0 Å². The van der Waals surface area contributed by atoms with Gasteiger partial charge < -0.3 is 36.4 Å². The Bertz CT molecular complexity index is 749. The first kappa shape index (κ1) is 289. The fourth-order valence-corrected chi connectivity index (χ4v) is 1.84. The molecule has 0 N–H and O–H groups in total. The van der Waals surface area contributed by atoms with E-state index in [0.29, 0.717) is 0 Å². The van der Waals surface area contributed by atoms with E-state index in [2.05, 4.69) is 62.4 Å². The second-order valence-electron chi connectivity index (χ2n) is 6.18. The fourth-order valence-electron chi connectivity index (χ4n) is 1.84. The maximum absolute atomic E-state index is 2.96. The van der Waals surface area contributed by atoms with Crippen molar-refractivity contribution in [2.45, 2.75) is 166 Å². The van der Waals surface area contributed by atoms with Crippen LogP contribution in [0, 0.1) is 64.1 Å². The van der Waals surface area contributed by atoms with Gasteiger partial charge in [0.1, 0.15) is 0 Å². The first-order valence-corrected chi connectivity index (χ1v) is 19.1. The molecule has 33 heteroatoms. The van der Waals surface area contributed by atoms with E-state index >= 15 is 0 Å². The predicted molar refractivity (Wildman–Crippen MR) is 231 cm³/mol. The Hall–Kier alpha value is 33.3. The second-order valence-corrected chi connectivity index (χ2v) is 6.18. The summed E-state index contributed by atoms with van der Waals surface area (Å²) >= 11 is 0. The predicted octanol–water partition coefficient (Wildman–Crippen LogP) is 17.0. The van der Waals surface area contributed by atoms with Crippen LogP contribution in [0.15, 0.2) is 84.9 Å². The van der Waals surface area contributed by atoms with Gasteiger partial charge in [-0.05, 0) is 0 Å². The summed E-state index contributed by atoms with van der Waals surface area (Å²) in [4.78, 5) is 0. The molecule has 0 aromatic heterocycles. The molecular weight excluding hydrogens is 3510 g/mol. The van der Waals surface area contributed by atoms with E-state index < -0.39 is 0 Å². The van der Waals surface area contributed by atoms with E-state index in [-0.39, 0.29) is 1080 Å². The van der Waals surface area contributed by atoms with Gasteiger partial charge in [0.15, 0.2) is 0 Å². The minimum absolute atomic E-state index is 0. The summed E-state index contributed by atoms with van der Waals surface area (Å²) in [6.07, 6.45) is 0. The third-order valence-electron chi connectivity index (χ3n) is 3.30. The van der Waals surface area contributed by atoms with Crippen LogP contribution in [0.4, 0.5) is 0 Å². The van der Waals surface area contributed by atoms with Crippen LogP contribution in [0.25, 0.3) is 0 Å². The quantitative estimate of drug-likeness (QED) is 0.154. The van der Waals surface area contributed by atoms with Crippen molar-refractivity contribution in [3.8, 4) is 0 Å². The maximum Gasteiger partial charge on any atom is 0 e. The van der Waals surface area contributed by atoms with Crippen LogP contribution in [-0.4, -0.2) is 0 Å². The SMILES string of the molecule is CC.CC.CC.CC.CC.CC.CC.CC.CC.CC.Cc1c[c-]c[c-]c1.Cc1c[c-]c[c-]c1.Cc1c[c-]ccc1.Cc1c[c-]ccc1.[Y].[Y].[Y].[Y].[Y].[Y].[Y].[Y].[Y].[Y].[Y].[Y].[Y].[Y].[Y].[Y].[Y].[Y].[Y].[Y].[Y].[Y].[Y].[Y].[Y].[Y].[Y].[Y].[Y].[Y].[Y].[Y].[Y]. The molecule has 0 saturated carbocycles. The first-order valence-electron chi connectivity index (χ1n) is 19.1. The van der Waals surface area contributed by atoms with Crippen LogP contribution in [0.5, 0.6) is 0 Å². The first-order chi connectivity index (χ1) is 23.6. The zero-order valence-electron chi connectivity index (χ0n) is 56.1. The van der Waals surface area contributed by atoms with Gasteiger partial charge in [0.2, 0.25) is 0 Å². The molecule has 0 saturated heterocycles. The smallest absolute Gasteiger partial charge is 0 e. The molecule has 0 spiro atoms.